The summed E-state index contributed by atoms with van der Waals surface area (Å²) in [4.78, 5) is 0. The second kappa shape index (κ2) is 3.61. The molecule has 0 radical (unpaired) electrons. The van der Waals surface area contributed by atoms with Crippen molar-refractivity contribution in [3.05, 3.63) is 21.8 Å². The minimum Gasteiger partial charge on any atom is -0.504 e. The van der Waals surface area contributed by atoms with E-state index < -0.39 is 0 Å². The van der Waals surface area contributed by atoms with Crippen molar-refractivity contribution in [1.82, 2.24) is 0 Å². The summed E-state index contributed by atoms with van der Waals surface area (Å²) in [6, 6.07) is 5.24. The molecule has 1 rings (SSSR count). The molecular formula is C6H4I2O2. The van der Waals surface area contributed by atoms with Gasteiger partial charge in [-0.3, -0.25) is 0 Å². The van der Waals surface area contributed by atoms with Crippen molar-refractivity contribution in [2.45, 2.75) is 0 Å². The molecule has 0 aliphatic heterocycles. The minimum absolute atomic E-state index is 0.182. The summed E-state index contributed by atoms with van der Waals surface area (Å²) in [7, 11) is 0. The number of halogens is 2. The van der Waals surface area contributed by atoms with Crippen LogP contribution in [0.5, 0.6) is 11.5 Å². The first-order chi connectivity index (χ1) is 4.74. The van der Waals surface area contributed by atoms with Crippen LogP contribution >= 0.6 is 45.6 Å². The van der Waals surface area contributed by atoms with Gasteiger partial charge >= 0.3 is 0 Å². The fourth-order valence-electron chi connectivity index (χ4n) is 0.556. The quantitative estimate of drug-likeness (QED) is 0.779. The maximum atomic E-state index is 9.16. The second-order valence-corrected chi connectivity index (χ2v) is 3.38. The highest BCUT2D eigenvalue weighted by Crippen LogP contribution is 2.28. The van der Waals surface area contributed by atoms with Crippen LogP contribution in [0.15, 0.2) is 18.2 Å². The van der Waals surface area contributed by atoms with Gasteiger partial charge in [-0.15, -0.1) is 0 Å². The van der Waals surface area contributed by atoms with Crippen molar-refractivity contribution < 1.29 is 8.17 Å². The van der Waals surface area contributed by atoms with Crippen molar-refractivity contribution in [1.29, 1.82) is 0 Å². The Kier molecular flexibility index (Phi) is 3.02. The highest BCUT2D eigenvalue weighted by molar-refractivity contribution is 14.1. The summed E-state index contributed by atoms with van der Waals surface area (Å²) in [6.45, 7) is 0. The zero-order valence-corrected chi connectivity index (χ0v) is 9.16. The van der Waals surface area contributed by atoms with Crippen LogP contribution in [-0.2, 0) is 0 Å². The summed E-state index contributed by atoms with van der Waals surface area (Å²) >= 11 is 3.85. The van der Waals surface area contributed by atoms with Crippen LogP contribution in [0.2, 0.25) is 0 Å². The van der Waals surface area contributed by atoms with Crippen LogP contribution in [0.1, 0.15) is 0 Å². The molecule has 0 aliphatic carbocycles. The van der Waals surface area contributed by atoms with Crippen molar-refractivity contribution in [2.24, 2.45) is 0 Å². The summed E-state index contributed by atoms with van der Waals surface area (Å²) in [6.07, 6.45) is 0. The fourth-order valence-corrected chi connectivity index (χ4v) is 1.40. The maximum absolute atomic E-state index is 9.16. The van der Waals surface area contributed by atoms with Gasteiger partial charge in [0.05, 0.1) is 0 Å². The Morgan fingerprint density at radius 2 is 2.10 bits per heavy atom. The van der Waals surface area contributed by atoms with E-state index in [2.05, 4.69) is 22.6 Å². The van der Waals surface area contributed by atoms with E-state index in [0.29, 0.717) is 5.75 Å². The van der Waals surface area contributed by atoms with E-state index in [1.165, 1.54) is 0 Å². The number of benzene rings is 1. The highest BCUT2D eigenvalue weighted by atomic mass is 127. The molecule has 0 saturated heterocycles. The Morgan fingerprint density at radius 3 is 2.60 bits per heavy atom. The Balaban J connectivity index is 3.07. The molecule has 2 nitrogen and oxygen atoms in total. The normalized spacial score (nSPS) is 9.40. The van der Waals surface area contributed by atoms with Crippen molar-refractivity contribution in [3.8, 4) is 11.5 Å². The first-order valence-corrected chi connectivity index (χ1v) is 4.47. The van der Waals surface area contributed by atoms with Crippen LogP contribution in [0.3, 0.4) is 0 Å². The van der Waals surface area contributed by atoms with Gasteiger partial charge in [-0.1, -0.05) is 0 Å². The molecule has 0 amide bonds. The number of aromatic hydroxyl groups is 1. The third-order valence-electron chi connectivity index (χ3n) is 1.00. The Labute approximate surface area is 86.4 Å². The number of phenols is 1. The van der Waals surface area contributed by atoms with Crippen LogP contribution in [0.25, 0.3) is 0 Å². The average molecular weight is 362 g/mol. The molecule has 54 valence electrons. The summed E-state index contributed by atoms with van der Waals surface area (Å²) in [5.74, 6) is 0.683. The molecule has 0 spiro atoms. The van der Waals surface area contributed by atoms with Gasteiger partial charge in [-0.2, -0.15) is 0 Å². The second-order valence-electron chi connectivity index (χ2n) is 1.69. The molecule has 0 bridgehead atoms. The van der Waals surface area contributed by atoms with E-state index >= 15 is 0 Å². The molecule has 0 unspecified atom stereocenters. The molecule has 1 aromatic carbocycles. The number of rotatable bonds is 1. The van der Waals surface area contributed by atoms with Gasteiger partial charge in [0.2, 0.25) is 0 Å². The van der Waals surface area contributed by atoms with Gasteiger partial charge in [0.25, 0.3) is 0 Å². The van der Waals surface area contributed by atoms with Crippen molar-refractivity contribution in [2.75, 3.05) is 0 Å². The zero-order chi connectivity index (χ0) is 7.56. The lowest BCUT2D eigenvalue weighted by Crippen LogP contribution is -1.76. The van der Waals surface area contributed by atoms with Crippen LogP contribution in [-0.4, -0.2) is 5.11 Å². The molecule has 0 aliphatic rings. The molecule has 10 heavy (non-hydrogen) atoms. The van der Waals surface area contributed by atoms with E-state index in [1.807, 2.05) is 6.07 Å². The Morgan fingerprint density at radius 1 is 1.40 bits per heavy atom. The van der Waals surface area contributed by atoms with Crippen LogP contribution in [0, 0.1) is 3.57 Å². The monoisotopic (exact) mass is 362 g/mol. The third-order valence-corrected chi connectivity index (χ3v) is 2.15. The van der Waals surface area contributed by atoms with Crippen molar-refractivity contribution >= 4 is 45.6 Å². The molecule has 0 saturated carbocycles. The molecule has 0 heterocycles. The first kappa shape index (κ1) is 8.38. The predicted molar refractivity (Wildman–Crippen MR) is 55.5 cm³/mol. The van der Waals surface area contributed by atoms with Gasteiger partial charge < -0.3 is 8.17 Å². The van der Waals surface area contributed by atoms with Gasteiger partial charge in [-0.25, -0.2) is 0 Å². The lowest BCUT2D eigenvalue weighted by atomic mass is 10.3. The Bertz CT molecular complexity index is 237. The van der Waals surface area contributed by atoms with E-state index in [1.54, 1.807) is 35.1 Å². The minimum atomic E-state index is 0.182. The van der Waals surface area contributed by atoms with Gasteiger partial charge in [0, 0.05) is 3.57 Å². The van der Waals surface area contributed by atoms with E-state index in [9.17, 15) is 0 Å². The molecule has 4 heteroatoms. The number of hydrogen-bond donors (Lipinski definition) is 1. The first-order valence-electron chi connectivity index (χ1n) is 2.51. The summed E-state index contributed by atoms with van der Waals surface area (Å²) in [5, 5.41) is 9.16. The summed E-state index contributed by atoms with van der Waals surface area (Å²) in [5.41, 5.74) is 0. The van der Waals surface area contributed by atoms with Crippen LogP contribution < -0.4 is 3.07 Å². The number of hydrogen-bond acceptors (Lipinski definition) is 2. The van der Waals surface area contributed by atoms with Gasteiger partial charge in [0.15, 0.2) is 34.5 Å². The van der Waals surface area contributed by atoms with Gasteiger partial charge in [0.1, 0.15) is 0 Å². The Hall–Kier alpha value is 0.280. The van der Waals surface area contributed by atoms with Crippen LogP contribution in [0.4, 0.5) is 0 Å². The average Bonchev–Trinajstić information content (AvgIpc) is 1.88. The SMILES string of the molecule is Oc1cc(I)ccc1OI. The predicted octanol–water partition coefficient (Wildman–Crippen LogP) is 2.73. The maximum Gasteiger partial charge on any atom is 0.192 e. The topological polar surface area (TPSA) is 29.5 Å². The largest absolute Gasteiger partial charge is 0.504 e. The molecule has 0 aromatic heterocycles. The highest BCUT2D eigenvalue weighted by Gasteiger charge is 1.99. The lowest BCUT2D eigenvalue weighted by Gasteiger charge is -1.99. The van der Waals surface area contributed by atoms with E-state index in [-0.39, 0.29) is 5.75 Å². The third kappa shape index (κ3) is 1.88. The molecular weight excluding hydrogens is 358 g/mol. The molecule has 1 N–H and O–H groups in total. The summed E-state index contributed by atoms with van der Waals surface area (Å²) < 4.78 is 5.81. The molecule has 0 fully saturated rings. The smallest absolute Gasteiger partial charge is 0.192 e. The van der Waals surface area contributed by atoms with Gasteiger partial charge in [-0.05, 0) is 40.8 Å². The standard InChI is InChI=1S/C6H4I2O2/c7-4-1-2-6(10-8)5(9)3-4/h1-3,9H. The van der Waals surface area contributed by atoms with E-state index in [4.69, 9.17) is 8.17 Å². The lowest BCUT2D eigenvalue weighted by molar-refractivity contribution is 0.456. The van der Waals surface area contributed by atoms with E-state index in [0.717, 1.165) is 3.57 Å². The molecule has 0 atom stereocenters. The van der Waals surface area contributed by atoms with Crippen molar-refractivity contribution in [3.63, 3.8) is 0 Å². The molecule has 1 aromatic rings. The zero-order valence-electron chi connectivity index (χ0n) is 4.84. The fraction of sp³-hybridized carbons (Fsp3) is 0. The number of phenolic OH excluding ortho intramolecular Hbond substituents is 1.